The number of carbonyl (C=O) groups is 3. The Morgan fingerprint density at radius 2 is 2.09 bits per heavy atom. The molecule has 0 spiro atoms. The normalized spacial score (nSPS) is 20.3. The van der Waals surface area contributed by atoms with Crippen molar-refractivity contribution in [1.82, 2.24) is 20.2 Å². The minimum Gasteiger partial charge on any atom is -0.543 e. The van der Waals surface area contributed by atoms with Gasteiger partial charge in [-0.15, -0.1) is 34.4 Å². The number of amides is 2. The van der Waals surface area contributed by atoms with Gasteiger partial charge in [0, 0.05) is 22.2 Å². The van der Waals surface area contributed by atoms with E-state index >= 15 is 0 Å². The number of carboxylic acid groups (broad SMARTS) is 1. The molecule has 0 bridgehead atoms. The van der Waals surface area contributed by atoms with Crippen molar-refractivity contribution >= 4 is 69.1 Å². The number of carboxylic acids is 1. The number of rotatable bonds is 7. The first-order valence-electron chi connectivity index (χ1n) is 9.27. The van der Waals surface area contributed by atoms with Crippen LogP contribution < -0.4 is 45.7 Å². The van der Waals surface area contributed by atoms with Gasteiger partial charge in [-0.1, -0.05) is 23.4 Å². The minimum atomic E-state index is -1.49. The van der Waals surface area contributed by atoms with Crippen molar-refractivity contribution in [3.8, 4) is 0 Å². The van der Waals surface area contributed by atoms with E-state index in [0.717, 1.165) is 21.1 Å². The summed E-state index contributed by atoms with van der Waals surface area (Å²) in [6, 6.07) is -0.999. The van der Waals surface area contributed by atoms with Crippen LogP contribution in [-0.2, 0) is 14.4 Å². The number of nitrogens with zero attached hydrogens (tertiary/aromatic N) is 4. The van der Waals surface area contributed by atoms with Gasteiger partial charge in [-0.05, 0) is 11.6 Å². The van der Waals surface area contributed by atoms with E-state index in [1.165, 1.54) is 28.5 Å². The molecule has 2 aliphatic rings. The van der Waals surface area contributed by atoms with Gasteiger partial charge in [0.15, 0.2) is 10.8 Å². The summed E-state index contributed by atoms with van der Waals surface area (Å²) in [6.07, 6.45) is 8.54. The van der Waals surface area contributed by atoms with E-state index in [-0.39, 0.29) is 46.1 Å². The number of thioether (sulfide) groups is 1. The fourth-order valence-corrected chi connectivity index (χ4v) is 5.60. The Bertz CT molecular complexity index is 1220. The maximum atomic E-state index is 12.7. The fourth-order valence-electron chi connectivity index (χ4n) is 3.21. The molecule has 34 heavy (non-hydrogen) atoms. The van der Waals surface area contributed by atoms with Crippen molar-refractivity contribution in [3.63, 3.8) is 0 Å². The summed E-state index contributed by atoms with van der Waals surface area (Å²) in [5, 5.41) is 27.4. The van der Waals surface area contributed by atoms with E-state index in [1.54, 1.807) is 29.9 Å². The number of hydrogen-bond acceptors (Lipinski definition) is 12. The van der Waals surface area contributed by atoms with Crippen molar-refractivity contribution < 1.29 is 54.3 Å². The van der Waals surface area contributed by atoms with Crippen molar-refractivity contribution in [1.29, 1.82) is 0 Å². The molecular weight excluding hydrogens is 511 g/mol. The number of hydrogen-bond donors (Lipinski definition) is 3. The van der Waals surface area contributed by atoms with Gasteiger partial charge in [0.25, 0.3) is 11.8 Å². The zero-order valence-electron chi connectivity index (χ0n) is 17.6. The number of nitrogens with one attached hydrogen (secondary N) is 1. The molecule has 2 aliphatic heterocycles. The number of thiazole rings is 2. The van der Waals surface area contributed by atoms with Crippen LogP contribution in [-0.4, -0.2) is 60.7 Å². The number of β-lactam (4-membered cyclic amide) rings is 1. The summed E-state index contributed by atoms with van der Waals surface area (Å²) in [5.41, 5.74) is 7.08. The van der Waals surface area contributed by atoms with Gasteiger partial charge in [-0.3, -0.25) is 19.5 Å². The maximum Gasteiger partial charge on any atom is 1.00 e. The quantitative estimate of drug-likeness (QED) is 0.0850. The number of fused-ring (bicyclic) bond motifs is 1. The fraction of sp³-hybridized carbons (Fsp3) is 0.158. The van der Waals surface area contributed by atoms with Crippen molar-refractivity contribution in [2.24, 2.45) is 5.16 Å². The van der Waals surface area contributed by atoms with Crippen LogP contribution in [0, 0.1) is 0 Å². The summed E-state index contributed by atoms with van der Waals surface area (Å²) in [4.78, 5) is 46.9. The molecule has 0 radical (unpaired) electrons. The van der Waals surface area contributed by atoms with Gasteiger partial charge in [0.2, 0.25) is 0 Å². The van der Waals surface area contributed by atoms with Gasteiger partial charge in [0.05, 0.1) is 17.2 Å². The molecule has 2 amide bonds. The third-order valence-electron chi connectivity index (χ3n) is 4.68. The zero-order chi connectivity index (χ0) is 23.5. The predicted octanol–water partition coefficient (Wildman–Crippen LogP) is -2.96. The Kier molecular flexibility index (Phi) is 8.67. The first-order valence-corrected chi connectivity index (χ1v) is 12.1. The van der Waals surface area contributed by atoms with Crippen LogP contribution in [0.25, 0.3) is 6.08 Å². The number of anilines is 1. The smallest absolute Gasteiger partial charge is 0.543 e. The van der Waals surface area contributed by atoms with Crippen molar-refractivity contribution in [3.05, 3.63) is 57.2 Å². The maximum absolute atomic E-state index is 12.7. The third-order valence-corrected chi connectivity index (χ3v) is 7.39. The minimum absolute atomic E-state index is 0. The Hall–Kier alpha value is -2.49. The molecule has 0 aromatic carbocycles. The van der Waals surface area contributed by atoms with Crippen LogP contribution >= 0.6 is 34.4 Å². The van der Waals surface area contributed by atoms with E-state index in [9.17, 15) is 24.7 Å². The van der Waals surface area contributed by atoms with Crippen LogP contribution in [0.1, 0.15) is 10.6 Å². The molecule has 1 fully saturated rings. The molecule has 170 valence electrons. The van der Waals surface area contributed by atoms with Gasteiger partial charge < -0.3 is 26.2 Å². The molecule has 0 aliphatic carbocycles. The van der Waals surface area contributed by atoms with Crippen molar-refractivity contribution in [2.75, 3.05) is 11.5 Å². The zero-order valence-corrected chi connectivity index (χ0v) is 22.0. The number of aromatic nitrogens is 2. The number of oxime groups is 1. The van der Waals surface area contributed by atoms with E-state index in [1.807, 2.05) is 6.08 Å². The molecule has 0 unspecified atom stereocenters. The number of allylic oxidation sites excluding steroid dienone is 3. The average Bonchev–Trinajstić information content (AvgIpc) is 3.46. The predicted molar refractivity (Wildman–Crippen MR) is 122 cm³/mol. The summed E-state index contributed by atoms with van der Waals surface area (Å²) >= 11 is 3.81. The molecule has 2 aromatic heterocycles. The van der Waals surface area contributed by atoms with E-state index < -0.39 is 34.9 Å². The third kappa shape index (κ3) is 5.26. The Labute approximate surface area is 227 Å². The second-order valence-corrected chi connectivity index (χ2v) is 9.58. The Morgan fingerprint density at radius 1 is 1.32 bits per heavy atom. The number of aliphatic carboxylic acids is 1. The van der Waals surface area contributed by atoms with Crippen LogP contribution in [0.15, 0.2) is 51.7 Å². The Morgan fingerprint density at radius 3 is 2.71 bits per heavy atom. The number of nitrogen functional groups attached to an aromatic ring is 1. The molecule has 1 saturated heterocycles. The largest absolute Gasteiger partial charge is 1.00 e. The summed E-state index contributed by atoms with van der Waals surface area (Å²) in [6.45, 7) is 0. The van der Waals surface area contributed by atoms with Gasteiger partial charge in [-0.25, -0.2) is 4.98 Å². The SMILES string of the molecule is Nc1nc(/C(=N/O)C(=O)N[C@@H]2C(=O)N3C(C(=O)[O-])=C(/C=C/C=C/c4cncs4)CS[C@H]23)cs1.[Na+]. The monoisotopic (exact) mass is 526 g/mol. The molecule has 4 N–H and O–H groups in total. The molecule has 4 rings (SSSR count). The van der Waals surface area contributed by atoms with E-state index in [0.29, 0.717) is 11.3 Å². The number of carbonyl (C=O) groups excluding carboxylic acids is 3. The van der Waals surface area contributed by atoms with E-state index in [2.05, 4.69) is 20.4 Å². The first-order chi connectivity index (χ1) is 15.9. The topological polar surface area (TPSA) is 174 Å². The average molecular weight is 527 g/mol. The molecule has 15 heteroatoms. The summed E-state index contributed by atoms with van der Waals surface area (Å²) in [5.74, 6) is -2.64. The van der Waals surface area contributed by atoms with Crippen LogP contribution in [0.2, 0.25) is 0 Å². The second kappa shape index (κ2) is 11.3. The van der Waals surface area contributed by atoms with E-state index in [4.69, 9.17) is 5.73 Å². The molecular formula is C19H15N6NaO5S3. The van der Waals surface area contributed by atoms with Gasteiger partial charge >= 0.3 is 29.6 Å². The van der Waals surface area contributed by atoms with Crippen molar-refractivity contribution in [2.45, 2.75) is 11.4 Å². The molecule has 11 nitrogen and oxygen atoms in total. The summed E-state index contributed by atoms with van der Waals surface area (Å²) in [7, 11) is 0. The van der Waals surface area contributed by atoms with Crippen LogP contribution in [0.5, 0.6) is 0 Å². The van der Waals surface area contributed by atoms with Crippen LogP contribution in [0.4, 0.5) is 5.13 Å². The summed E-state index contributed by atoms with van der Waals surface area (Å²) < 4.78 is 0. The first kappa shape index (κ1) is 26.1. The van der Waals surface area contributed by atoms with Gasteiger partial charge in [0.1, 0.15) is 17.1 Å². The molecule has 4 heterocycles. The molecule has 2 aromatic rings. The standard InChI is InChI=1S/C19H16N6O5S3.Na/c20-19-22-11(7-32-19)12(24-30)15(26)23-13-16(27)25-14(18(28)29)9(6-31-17(13)25)3-1-2-4-10-5-21-8-33-10;/h1-5,7-8,13,17,30H,6H2,(H2,20,22)(H,23,26)(H,28,29);/q;+1/p-1/b3-1+,4-2+,24-12-;/t13-,17-;/m1./s1. The second-order valence-electron chi connectivity index (χ2n) is 6.66. The Balaban J connectivity index is 0.00000324. The molecule has 2 atom stereocenters. The number of nitrogens with two attached hydrogens (primary N) is 1. The van der Waals surface area contributed by atoms with Crippen LogP contribution in [0.3, 0.4) is 0 Å². The molecule has 0 saturated carbocycles. The van der Waals surface area contributed by atoms with Gasteiger partial charge in [-0.2, -0.15) is 0 Å².